The van der Waals surface area contributed by atoms with Crippen LogP contribution in [0.5, 0.6) is 5.75 Å². The first-order valence-corrected chi connectivity index (χ1v) is 13.7. The number of piperidine rings is 1. The first-order chi connectivity index (χ1) is 18.6. The van der Waals surface area contributed by atoms with Crippen LogP contribution in [0.3, 0.4) is 0 Å². The molecule has 3 aliphatic heterocycles. The van der Waals surface area contributed by atoms with Gasteiger partial charge in [0.2, 0.25) is 5.95 Å². The van der Waals surface area contributed by atoms with E-state index < -0.39 is 5.82 Å². The van der Waals surface area contributed by atoms with Crippen LogP contribution in [-0.2, 0) is 4.74 Å². The van der Waals surface area contributed by atoms with Gasteiger partial charge in [-0.15, -0.1) is 0 Å². The van der Waals surface area contributed by atoms with E-state index in [0.29, 0.717) is 34.3 Å². The molecule has 2 bridgehead atoms. The van der Waals surface area contributed by atoms with Crippen LogP contribution in [-0.4, -0.2) is 59.5 Å². The van der Waals surface area contributed by atoms with E-state index in [1.807, 2.05) is 24.3 Å². The van der Waals surface area contributed by atoms with Crippen molar-refractivity contribution < 1.29 is 14.2 Å². The molecule has 8 heteroatoms. The van der Waals surface area contributed by atoms with Gasteiger partial charge >= 0.3 is 0 Å². The summed E-state index contributed by atoms with van der Waals surface area (Å²) in [5.74, 6) is 2.32. The van der Waals surface area contributed by atoms with Crippen LogP contribution >= 0.6 is 0 Å². The van der Waals surface area contributed by atoms with E-state index in [0.717, 1.165) is 62.4 Å². The Morgan fingerprint density at radius 1 is 1.00 bits per heavy atom. The number of rotatable bonds is 3. The Kier molecular flexibility index (Phi) is 4.87. The molecular formula is C30H30FN5O2. The molecule has 1 N–H and O–H groups in total. The predicted octanol–water partition coefficient (Wildman–Crippen LogP) is 5.15. The van der Waals surface area contributed by atoms with Crippen LogP contribution in [0.25, 0.3) is 32.9 Å². The van der Waals surface area contributed by atoms with E-state index in [4.69, 9.17) is 14.7 Å². The SMILES string of the molecule is Oc1cc(-c2ncc3c(N4CC5CCC(C5)C4)nc(N4CC5(CCOC5)C4)nc3c2F)c2ccccc2c1. The Hall–Kier alpha value is -3.52. The van der Waals surface area contributed by atoms with Crippen molar-refractivity contribution in [3.8, 4) is 17.0 Å². The molecule has 4 aliphatic rings. The number of fused-ring (bicyclic) bond motifs is 4. The fourth-order valence-corrected chi connectivity index (χ4v) is 7.28. The topological polar surface area (TPSA) is 74.6 Å². The lowest BCUT2D eigenvalue weighted by Gasteiger charge is -2.47. The van der Waals surface area contributed by atoms with Gasteiger partial charge in [-0.05, 0) is 60.4 Å². The van der Waals surface area contributed by atoms with Gasteiger partial charge in [-0.2, -0.15) is 4.98 Å². The molecule has 3 saturated heterocycles. The number of anilines is 2. The van der Waals surface area contributed by atoms with Crippen LogP contribution in [0.4, 0.5) is 16.2 Å². The maximum atomic E-state index is 16.5. The molecule has 1 spiro atoms. The fraction of sp³-hybridized carbons (Fsp3) is 0.433. The van der Waals surface area contributed by atoms with Crippen LogP contribution in [0.1, 0.15) is 25.7 Å². The van der Waals surface area contributed by atoms with E-state index >= 15 is 4.39 Å². The van der Waals surface area contributed by atoms with Crippen molar-refractivity contribution in [2.24, 2.45) is 17.3 Å². The predicted molar refractivity (Wildman–Crippen MR) is 145 cm³/mol. The third kappa shape index (κ3) is 3.46. The zero-order chi connectivity index (χ0) is 25.4. The minimum atomic E-state index is -0.470. The molecule has 7 nitrogen and oxygen atoms in total. The van der Waals surface area contributed by atoms with Crippen molar-refractivity contribution in [1.82, 2.24) is 15.0 Å². The Bertz CT molecular complexity index is 1570. The minimum Gasteiger partial charge on any atom is -0.508 e. The largest absolute Gasteiger partial charge is 0.508 e. The van der Waals surface area contributed by atoms with E-state index in [-0.39, 0.29) is 16.9 Å². The van der Waals surface area contributed by atoms with Gasteiger partial charge in [-0.3, -0.25) is 4.98 Å². The second-order valence-corrected chi connectivity index (χ2v) is 11.9. The summed E-state index contributed by atoms with van der Waals surface area (Å²) in [7, 11) is 0. The highest BCUT2D eigenvalue weighted by Gasteiger charge is 2.47. The molecule has 2 atom stereocenters. The molecule has 2 unspecified atom stereocenters. The minimum absolute atomic E-state index is 0.0810. The highest BCUT2D eigenvalue weighted by Crippen LogP contribution is 2.44. The number of phenolic OH excluding ortho intramolecular Hbond substituents is 1. The Balaban J connectivity index is 1.29. The lowest BCUT2D eigenvalue weighted by Crippen LogP contribution is -2.57. The smallest absolute Gasteiger partial charge is 0.228 e. The zero-order valence-corrected chi connectivity index (χ0v) is 21.2. The lowest BCUT2D eigenvalue weighted by molar-refractivity contribution is 0.130. The van der Waals surface area contributed by atoms with Crippen LogP contribution in [0.2, 0.25) is 0 Å². The summed E-state index contributed by atoms with van der Waals surface area (Å²) in [6.45, 7) is 5.13. The van der Waals surface area contributed by atoms with Crippen LogP contribution in [0.15, 0.2) is 42.6 Å². The summed E-state index contributed by atoms with van der Waals surface area (Å²) in [5.41, 5.74) is 1.22. The van der Waals surface area contributed by atoms with Gasteiger partial charge < -0.3 is 19.6 Å². The van der Waals surface area contributed by atoms with Crippen molar-refractivity contribution >= 4 is 33.4 Å². The highest BCUT2D eigenvalue weighted by atomic mass is 19.1. The highest BCUT2D eigenvalue weighted by molar-refractivity contribution is 6.00. The molecule has 4 aromatic rings. The van der Waals surface area contributed by atoms with Gasteiger partial charge in [0.1, 0.15) is 22.8 Å². The number of aromatic nitrogens is 3. The molecular weight excluding hydrogens is 481 g/mol. The number of halogens is 1. The van der Waals surface area contributed by atoms with E-state index in [2.05, 4.69) is 14.8 Å². The quantitative estimate of drug-likeness (QED) is 0.408. The standard InChI is InChI=1S/C30H30FN5O2/c31-25-26(23-11-21(37)10-20-3-1-2-4-22(20)23)32-12-24-27(25)33-29(36-15-30(16-36)7-8-38-17-30)34-28(24)35-13-18-5-6-19(9-18)14-35/h1-4,10-12,18-19,37H,5-9,13-17H2. The van der Waals surface area contributed by atoms with Crippen molar-refractivity contribution in [2.45, 2.75) is 25.7 Å². The van der Waals surface area contributed by atoms with Gasteiger partial charge in [0.05, 0.1) is 12.0 Å². The Morgan fingerprint density at radius 2 is 1.82 bits per heavy atom. The average Bonchev–Trinajstić information content (AvgIpc) is 3.53. The average molecular weight is 512 g/mol. The van der Waals surface area contributed by atoms with Crippen molar-refractivity contribution in [1.29, 1.82) is 0 Å². The maximum Gasteiger partial charge on any atom is 0.228 e. The monoisotopic (exact) mass is 511 g/mol. The summed E-state index contributed by atoms with van der Waals surface area (Å²) in [5, 5.41) is 12.7. The number of hydrogen-bond acceptors (Lipinski definition) is 7. The number of phenols is 1. The summed E-state index contributed by atoms with van der Waals surface area (Å²) in [6.07, 6.45) is 6.57. The summed E-state index contributed by atoms with van der Waals surface area (Å²) < 4.78 is 22.2. The second kappa shape index (κ2) is 8.24. The molecule has 194 valence electrons. The number of nitrogens with zero attached hydrogens (tertiary/aromatic N) is 5. The maximum absolute atomic E-state index is 16.5. The molecule has 8 rings (SSSR count). The third-order valence-electron chi connectivity index (χ3n) is 9.18. The summed E-state index contributed by atoms with van der Waals surface area (Å²) in [6, 6.07) is 10.9. The molecule has 1 saturated carbocycles. The number of ether oxygens (including phenoxy) is 1. The van der Waals surface area contributed by atoms with Crippen molar-refractivity contribution in [3.05, 3.63) is 48.4 Å². The number of pyridine rings is 1. The Morgan fingerprint density at radius 3 is 2.61 bits per heavy atom. The van der Waals surface area contributed by atoms with Crippen molar-refractivity contribution in [2.75, 3.05) is 49.2 Å². The van der Waals surface area contributed by atoms with Crippen molar-refractivity contribution in [3.63, 3.8) is 0 Å². The molecule has 0 radical (unpaired) electrons. The van der Waals surface area contributed by atoms with Gasteiger partial charge in [0, 0.05) is 50.0 Å². The van der Waals surface area contributed by atoms with Gasteiger partial charge in [0.25, 0.3) is 0 Å². The zero-order valence-electron chi connectivity index (χ0n) is 21.2. The molecule has 5 heterocycles. The number of hydrogen-bond donors (Lipinski definition) is 1. The first-order valence-electron chi connectivity index (χ1n) is 13.7. The molecule has 2 aromatic carbocycles. The van der Waals surface area contributed by atoms with E-state index in [1.54, 1.807) is 18.3 Å². The second-order valence-electron chi connectivity index (χ2n) is 11.9. The lowest BCUT2D eigenvalue weighted by atomic mass is 9.79. The van der Waals surface area contributed by atoms with Crippen LogP contribution in [0, 0.1) is 23.1 Å². The molecule has 0 amide bonds. The number of aromatic hydroxyl groups is 1. The first kappa shape index (κ1) is 22.5. The van der Waals surface area contributed by atoms with Gasteiger partial charge in [0.15, 0.2) is 5.82 Å². The Labute approximate surface area is 220 Å². The molecule has 38 heavy (non-hydrogen) atoms. The normalized spacial score (nSPS) is 24.0. The summed E-state index contributed by atoms with van der Waals surface area (Å²) >= 11 is 0. The molecule has 1 aliphatic carbocycles. The van der Waals surface area contributed by atoms with Crippen LogP contribution < -0.4 is 9.80 Å². The fourth-order valence-electron chi connectivity index (χ4n) is 7.28. The van der Waals surface area contributed by atoms with E-state index in [1.165, 1.54) is 19.3 Å². The van der Waals surface area contributed by atoms with Gasteiger partial charge in [-0.25, -0.2) is 9.37 Å². The molecule has 2 aromatic heterocycles. The number of benzene rings is 2. The molecule has 4 fully saturated rings. The summed E-state index contributed by atoms with van der Waals surface area (Å²) in [4.78, 5) is 19.0. The van der Waals surface area contributed by atoms with Gasteiger partial charge in [-0.1, -0.05) is 24.3 Å². The third-order valence-corrected chi connectivity index (χ3v) is 9.18. The van der Waals surface area contributed by atoms with E-state index in [9.17, 15) is 5.11 Å².